The van der Waals surface area contributed by atoms with E-state index in [1.165, 1.54) is 24.3 Å². The molecule has 0 saturated carbocycles. The molecule has 106 valence electrons. The number of ether oxygens (including phenoxy) is 1. The molecule has 0 amide bonds. The van der Waals surface area contributed by atoms with Crippen LogP contribution in [0.1, 0.15) is 34.8 Å². The fourth-order valence-corrected chi connectivity index (χ4v) is 2.09. The molecule has 0 spiro atoms. The first-order chi connectivity index (χ1) is 9.52. The van der Waals surface area contributed by atoms with Gasteiger partial charge in [-0.2, -0.15) is 0 Å². The number of methoxy groups -OCH3 is 1. The van der Waals surface area contributed by atoms with Crippen molar-refractivity contribution in [2.45, 2.75) is 19.5 Å². The van der Waals surface area contributed by atoms with Gasteiger partial charge in [-0.1, -0.05) is 30.3 Å². The van der Waals surface area contributed by atoms with Crippen molar-refractivity contribution in [3.05, 3.63) is 64.7 Å². The summed E-state index contributed by atoms with van der Waals surface area (Å²) in [5, 5.41) is 10.3. The van der Waals surface area contributed by atoms with Gasteiger partial charge in [0.15, 0.2) is 0 Å². The molecule has 0 heterocycles. The van der Waals surface area contributed by atoms with Crippen LogP contribution in [0.2, 0.25) is 0 Å². The monoisotopic (exact) mass is 278 g/mol. The number of hydrogen-bond donors (Lipinski definition) is 1. The number of halogens is 2. The topological polar surface area (TPSA) is 29.5 Å². The van der Waals surface area contributed by atoms with Gasteiger partial charge in [0, 0.05) is 5.56 Å². The van der Waals surface area contributed by atoms with E-state index in [0.717, 1.165) is 11.1 Å². The number of rotatable bonds is 4. The average molecular weight is 278 g/mol. The molecule has 0 aromatic heterocycles. The second-order valence-corrected chi connectivity index (χ2v) is 4.59. The van der Waals surface area contributed by atoms with Crippen molar-refractivity contribution >= 4 is 0 Å². The van der Waals surface area contributed by atoms with Crippen molar-refractivity contribution in [1.82, 2.24) is 0 Å². The van der Waals surface area contributed by atoms with Crippen molar-refractivity contribution in [1.29, 1.82) is 0 Å². The Balaban J connectivity index is 2.28. The van der Waals surface area contributed by atoms with Gasteiger partial charge < -0.3 is 9.84 Å². The Morgan fingerprint density at radius 1 is 1.00 bits per heavy atom. The van der Waals surface area contributed by atoms with E-state index < -0.39 is 12.5 Å². The number of benzene rings is 2. The van der Waals surface area contributed by atoms with Gasteiger partial charge in [-0.15, -0.1) is 0 Å². The SMILES string of the molecule is COc1ccc(C(O)c2ccc(C(F)F)cc2)c(C)c1. The van der Waals surface area contributed by atoms with E-state index >= 15 is 0 Å². The van der Waals surface area contributed by atoms with Crippen LogP contribution in [0.3, 0.4) is 0 Å². The van der Waals surface area contributed by atoms with Crippen LogP contribution in [0, 0.1) is 6.92 Å². The first-order valence-corrected chi connectivity index (χ1v) is 6.23. The number of aliphatic hydroxyl groups is 1. The zero-order valence-electron chi connectivity index (χ0n) is 11.3. The highest BCUT2D eigenvalue weighted by atomic mass is 19.3. The molecule has 0 bridgehead atoms. The summed E-state index contributed by atoms with van der Waals surface area (Å²) in [5.41, 5.74) is 2.15. The van der Waals surface area contributed by atoms with Crippen molar-refractivity contribution in [3.63, 3.8) is 0 Å². The molecule has 0 radical (unpaired) electrons. The lowest BCUT2D eigenvalue weighted by Crippen LogP contribution is -2.02. The van der Waals surface area contributed by atoms with Crippen LogP contribution < -0.4 is 4.74 Å². The molecular weight excluding hydrogens is 262 g/mol. The largest absolute Gasteiger partial charge is 0.497 e. The van der Waals surface area contributed by atoms with Crippen LogP contribution in [0.15, 0.2) is 42.5 Å². The smallest absolute Gasteiger partial charge is 0.263 e. The molecule has 1 atom stereocenters. The quantitative estimate of drug-likeness (QED) is 0.915. The Bertz CT molecular complexity index is 580. The first kappa shape index (κ1) is 14.5. The van der Waals surface area contributed by atoms with Crippen molar-refractivity contribution in [3.8, 4) is 5.75 Å². The van der Waals surface area contributed by atoms with Crippen LogP contribution in [0.25, 0.3) is 0 Å². The van der Waals surface area contributed by atoms with Crippen molar-refractivity contribution in [2.24, 2.45) is 0 Å². The Labute approximate surface area is 116 Å². The molecule has 2 aromatic carbocycles. The van der Waals surface area contributed by atoms with Gasteiger partial charge in [-0.3, -0.25) is 0 Å². The molecule has 2 aromatic rings. The standard InChI is InChI=1S/C16H16F2O2/c1-10-9-13(20-2)7-8-14(10)15(19)11-3-5-12(6-4-11)16(17)18/h3-9,15-16,19H,1-2H3. The fourth-order valence-electron chi connectivity index (χ4n) is 2.09. The maximum atomic E-state index is 12.5. The second-order valence-electron chi connectivity index (χ2n) is 4.59. The molecule has 2 rings (SSSR count). The van der Waals surface area contributed by atoms with Gasteiger partial charge >= 0.3 is 0 Å². The summed E-state index contributed by atoms with van der Waals surface area (Å²) in [6.07, 6.45) is -3.34. The van der Waals surface area contributed by atoms with Crippen LogP contribution >= 0.6 is 0 Å². The fraction of sp³-hybridized carbons (Fsp3) is 0.250. The zero-order chi connectivity index (χ0) is 14.7. The molecule has 0 aliphatic rings. The second kappa shape index (κ2) is 6.01. The summed E-state index contributed by atoms with van der Waals surface area (Å²) in [6.45, 7) is 1.87. The third-order valence-corrected chi connectivity index (χ3v) is 3.28. The lowest BCUT2D eigenvalue weighted by atomic mass is 9.96. The van der Waals surface area contributed by atoms with Crippen LogP contribution in [0.4, 0.5) is 8.78 Å². The molecule has 1 unspecified atom stereocenters. The van der Waals surface area contributed by atoms with Crippen molar-refractivity contribution in [2.75, 3.05) is 7.11 Å². The minimum atomic E-state index is -2.50. The maximum absolute atomic E-state index is 12.5. The molecule has 20 heavy (non-hydrogen) atoms. The third kappa shape index (κ3) is 2.96. The molecule has 0 aliphatic carbocycles. The molecule has 2 nitrogen and oxygen atoms in total. The lowest BCUT2D eigenvalue weighted by molar-refractivity contribution is 0.151. The van der Waals surface area contributed by atoms with Crippen molar-refractivity contribution < 1.29 is 18.6 Å². The summed E-state index contributed by atoms with van der Waals surface area (Å²) in [5.74, 6) is 0.714. The van der Waals surface area contributed by atoms with Gasteiger partial charge in [0.05, 0.1) is 7.11 Å². The van der Waals surface area contributed by atoms with Gasteiger partial charge in [0.1, 0.15) is 11.9 Å². The Kier molecular flexibility index (Phi) is 4.35. The van der Waals surface area contributed by atoms with E-state index in [9.17, 15) is 13.9 Å². The van der Waals surface area contributed by atoms with E-state index in [-0.39, 0.29) is 5.56 Å². The number of hydrogen-bond acceptors (Lipinski definition) is 2. The van der Waals surface area contributed by atoms with Crippen LogP contribution in [-0.2, 0) is 0 Å². The van der Waals surface area contributed by atoms with Gasteiger partial charge in [0.2, 0.25) is 0 Å². The first-order valence-electron chi connectivity index (χ1n) is 6.23. The minimum absolute atomic E-state index is 0.0487. The number of aliphatic hydroxyl groups excluding tert-OH is 1. The maximum Gasteiger partial charge on any atom is 0.263 e. The van der Waals surface area contributed by atoms with Gasteiger partial charge in [-0.25, -0.2) is 8.78 Å². The van der Waals surface area contributed by atoms with Gasteiger partial charge in [0.25, 0.3) is 6.43 Å². The van der Waals surface area contributed by atoms with E-state index in [4.69, 9.17) is 4.74 Å². The summed E-state index contributed by atoms with van der Waals surface area (Å²) < 4.78 is 30.1. The average Bonchev–Trinajstić information content (AvgIpc) is 2.46. The number of alkyl halides is 2. The third-order valence-electron chi connectivity index (χ3n) is 3.28. The highest BCUT2D eigenvalue weighted by Crippen LogP contribution is 2.28. The zero-order valence-corrected chi connectivity index (χ0v) is 11.3. The Hall–Kier alpha value is -1.94. The molecule has 1 N–H and O–H groups in total. The predicted octanol–water partition coefficient (Wildman–Crippen LogP) is 4.02. The Morgan fingerprint density at radius 3 is 2.10 bits per heavy atom. The normalized spacial score (nSPS) is 12.5. The highest BCUT2D eigenvalue weighted by molar-refractivity contribution is 5.40. The van der Waals surface area contributed by atoms with E-state index in [0.29, 0.717) is 11.3 Å². The van der Waals surface area contributed by atoms with Gasteiger partial charge in [-0.05, 0) is 35.7 Å². The summed E-state index contributed by atoms with van der Waals surface area (Å²) in [6, 6.07) is 11.1. The molecule has 0 aliphatic heterocycles. The molecule has 4 heteroatoms. The predicted molar refractivity (Wildman–Crippen MR) is 73.2 cm³/mol. The van der Waals surface area contributed by atoms with E-state index in [2.05, 4.69) is 0 Å². The highest BCUT2D eigenvalue weighted by Gasteiger charge is 2.14. The minimum Gasteiger partial charge on any atom is -0.497 e. The summed E-state index contributed by atoms with van der Waals surface area (Å²) >= 11 is 0. The number of aryl methyl sites for hydroxylation is 1. The Morgan fingerprint density at radius 2 is 1.60 bits per heavy atom. The van der Waals surface area contributed by atoms with Crippen LogP contribution in [-0.4, -0.2) is 12.2 Å². The summed E-state index contributed by atoms with van der Waals surface area (Å²) in [4.78, 5) is 0. The van der Waals surface area contributed by atoms with E-state index in [1.54, 1.807) is 19.2 Å². The molecular formula is C16H16F2O2. The molecule has 0 fully saturated rings. The summed E-state index contributed by atoms with van der Waals surface area (Å²) in [7, 11) is 1.58. The van der Waals surface area contributed by atoms with E-state index in [1.807, 2.05) is 13.0 Å². The van der Waals surface area contributed by atoms with Crippen LogP contribution in [0.5, 0.6) is 5.75 Å². The lowest BCUT2D eigenvalue weighted by Gasteiger charge is -2.15. The molecule has 0 saturated heterocycles.